The van der Waals surface area contributed by atoms with Crippen molar-refractivity contribution in [1.82, 2.24) is 0 Å². The van der Waals surface area contributed by atoms with E-state index in [1.54, 1.807) is 0 Å². The highest BCUT2D eigenvalue weighted by Crippen LogP contribution is 2.27. The molecule has 2 N–H and O–H groups in total. The van der Waals surface area contributed by atoms with Crippen LogP contribution in [0.5, 0.6) is 0 Å². The van der Waals surface area contributed by atoms with Crippen molar-refractivity contribution in [3.8, 4) is 0 Å². The molecule has 0 aliphatic rings. The van der Waals surface area contributed by atoms with Gasteiger partial charge in [0.05, 0.1) is 0 Å². The molecule has 0 saturated carbocycles. The van der Waals surface area contributed by atoms with Gasteiger partial charge in [-0.3, -0.25) is 0 Å². The Kier molecular flexibility index (Phi) is 3.76. The Balaban J connectivity index is 2.47. The second-order valence-electron chi connectivity index (χ2n) is 3.28. The van der Waals surface area contributed by atoms with Crippen molar-refractivity contribution >= 4 is 11.3 Å². The Labute approximate surface area is 78.6 Å². The van der Waals surface area contributed by atoms with E-state index in [2.05, 4.69) is 26.0 Å². The number of thiophene rings is 1. The lowest BCUT2D eigenvalue weighted by Crippen LogP contribution is -2.00. The highest BCUT2D eigenvalue weighted by atomic mass is 32.1. The van der Waals surface area contributed by atoms with Gasteiger partial charge in [0, 0.05) is 9.75 Å². The van der Waals surface area contributed by atoms with E-state index in [0.29, 0.717) is 5.92 Å². The average Bonchev–Trinajstić information content (AvgIpc) is 2.47. The lowest BCUT2D eigenvalue weighted by molar-refractivity contribution is 0.649. The molecule has 12 heavy (non-hydrogen) atoms. The van der Waals surface area contributed by atoms with E-state index in [0.717, 1.165) is 13.0 Å². The van der Waals surface area contributed by atoms with E-state index in [1.807, 2.05) is 11.3 Å². The van der Waals surface area contributed by atoms with E-state index in [4.69, 9.17) is 5.73 Å². The normalized spacial score (nSPS) is 13.2. The number of hydrogen-bond acceptors (Lipinski definition) is 2. The minimum Gasteiger partial charge on any atom is -0.330 e. The Morgan fingerprint density at radius 1 is 1.50 bits per heavy atom. The van der Waals surface area contributed by atoms with Gasteiger partial charge in [0.15, 0.2) is 0 Å². The predicted octanol–water partition coefficient (Wildman–Crippen LogP) is 2.90. The summed E-state index contributed by atoms with van der Waals surface area (Å²) in [6, 6.07) is 4.43. The van der Waals surface area contributed by atoms with Crippen LogP contribution in [0.4, 0.5) is 0 Å². The molecule has 0 aliphatic carbocycles. The molecule has 0 fully saturated rings. The summed E-state index contributed by atoms with van der Waals surface area (Å²) in [7, 11) is 0. The van der Waals surface area contributed by atoms with Gasteiger partial charge in [-0.15, -0.1) is 11.3 Å². The summed E-state index contributed by atoms with van der Waals surface area (Å²) in [6.07, 6.45) is 2.36. The summed E-state index contributed by atoms with van der Waals surface area (Å²) in [4.78, 5) is 2.91. The predicted molar refractivity (Wildman–Crippen MR) is 55.8 cm³/mol. The van der Waals surface area contributed by atoms with Crippen LogP contribution in [0.2, 0.25) is 0 Å². The van der Waals surface area contributed by atoms with Crippen molar-refractivity contribution in [2.45, 2.75) is 32.6 Å². The second kappa shape index (κ2) is 4.63. The van der Waals surface area contributed by atoms with E-state index in [1.165, 1.54) is 16.2 Å². The van der Waals surface area contributed by atoms with E-state index in [-0.39, 0.29) is 0 Å². The molecule has 0 aliphatic heterocycles. The molecule has 0 aromatic carbocycles. The fraction of sp³-hybridized carbons (Fsp3) is 0.600. The van der Waals surface area contributed by atoms with Crippen molar-refractivity contribution < 1.29 is 0 Å². The molecule has 1 rings (SSSR count). The quantitative estimate of drug-likeness (QED) is 0.763. The number of nitrogens with two attached hydrogens (primary N) is 1. The van der Waals surface area contributed by atoms with Crippen LogP contribution in [0.3, 0.4) is 0 Å². The van der Waals surface area contributed by atoms with Gasteiger partial charge in [0.1, 0.15) is 0 Å². The van der Waals surface area contributed by atoms with Gasteiger partial charge < -0.3 is 5.73 Å². The third kappa shape index (κ3) is 2.61. The Morgan fingerprint density at radius 2 is 2.25 bits per heavy atom. The molecule has 2 heteroatoms. The first-order chi connectivity index (χ1) is 5.74. The fourth-order valence-electron chi connectivity index (χ4n) is 1.28. The molecule has 0 saturated heterocycles. The minimum absolute atomic E-state index is 0.687. The summed E-state index contributed by atoms with van der Waals surface area (Å²) in [6.45, 7) is 5.25. The van der Waals surface area contributed by atoms with Gasteiger partial charge in [-0.25, -0.2) is 0 Å². The topological polar surface area (TPSA) is 26.0 Å². The smallest absolute Gasteiger partial charge is 0.00762 e. The molecule has 1 aromatic rings. The second-order valence-corrected chi connectivity index (χ2v) is 4.60. The van der Waals surface area contributed by atoms with E-state index >= 15 is 0 Å². The monoisotopic (exact) mass is 183 g/mol. The highest BCUT2D eigenvalue weighted by molar-refractivity contribution is 7.12. The van der Waals surface area contributed by atoms with Crippen LogP contribution >= 0.6 is 11.3 Å². The molecular formula is C10H17NS. The SMILES string of the molecule is Cc1ccc(C(C)CCCN)s1. The summed E-state index contributed by atoms with van der Waals surface area (Å²) < 4.78 is 0. The van der Waals surface area contributed by atoms with Crippen LogP contribution in [-0.2, 0) is 0 Å². The lowest BCUT2D eigenvalue weighted by atomic mass is 10.0. The maximum atomic E-state index is 5.46. The standard InChI is InChI=1S/C10H17NS/c1-8(4-3-7-11)10-6-5-9(2)12-10/h5-6,8H,3-4,7,11H2,1-2H3. The van der Waals surface area contributed by atoms with Crippen molar-refractivity contribution in [3.05, 3.63) is 21.9 Å². The van der Waals surface area contributed by atoms with Crippen LogP contribution in [0.15, 0.2) is 12.1 Å². The number of rotatable bonds is 4. The highest BCUT2D eigenvalue weighted by Gasteiger charge is 2.06. The van der Waals surface area contributed by atoms with E-state index in [9.17, 15) is 0 Å². The largest absolute Gasteiger partial charge is 0.330 e. The van der Waals surface area contributed by atoms with Crippen LogP contribution in [0.25, 0.3) is 0 Å². The number of hydrogen-bond donors (Lipinski definition) is 1. The number of aryl methyl sites for hydroxylation is 1. The summed E-state index contributed by atoms with van der Waals surface area (Å²) >= 11 is 1.91. The Bertz CT molecular complexity index is 229. The zero-order valence-corrected chi connectivity index (χ0v) is 8.66. The third-order valence-electron chi connectivity index (χ3n) is 2.09. The first-order valence-electron chi connectivity index (χ1n) is 4.50. The zero-order chi connectivity index (χ0) is 8.97. The lowest BCUT2D eigenvalue weighted by Gasteiger charge is -2.06. The fourth-order valence-corrected chi connectivity index (χ4v) is 2.25. The van der Waals surface area contributed by atoms with Gasteiger partial charge in [-0.1, -0.05) is 6.92 Å². The van der Waals surface area contributed by atoms with Gasteiger partial charge in [-0.05, 0) is 44.4 Å². The Hall–Kier alpha value is -0.340. The van der Waals surface area contributed by atoms with Crippen LogP contribution in [-0.4, -0.2) is 6.54 Å². The van der Waals surface area contributed by atoms with Crippen LogP contribution < -0.4 is 5.73 Å². The first-order valence-corrected chi connectivity index (χ1v) is 5.32. The van der Waals surface area contributed by atoms with Crippen molar-refractivity contribution in [2.24, 2.45) is 5.73 Å². The molecule has 1 aromatic heterocycles. The van der Waals surface area contributed by atoms with Gasteiger partial charge in [0.2, 0.25) is 0 Å². The minimum atomic E-state index is 0.687. The third-order valence-corrected chi connectivity index (χ3v) is 3.32. The van der Waals surface area contributed by atoms with Crippen molar-refractivity contribution in [3.63, 3.8) is 0 Å². The summed E-state index contributed by atoms with van der Waals surface area (Å²) in [5, 5.41) is 0. The first kappa shape index (κ1) is 9.75. The van der Waals surface area contributed by atoms with Crippen molar-refractivity contribution in [2.75, 3.05) is 6.54 Å². The molecule has 0 bridgehead atoms. The van der Waals surface area contributed by atoms with Gasteiger partial charge in [0.25, 0.3) is 0 Å². The molecule has 0 spiro atoms. The summed E-state index contributed by atoms with van der Waals surface area (Å²) in [5.41, 5.74) is 5.46. The molecule has 68 valence electrons. The average molecular weight is 183 g/mol. The molecular weight excluding hydrogens is 166 g/mol. The molecule has 1 atom stereocenters. The summed E-state index contributed by atoms with van der Waals surface area (Å²) in [5.74, 6) is 0.687. The Morgan fingerprint density at radius 3 is 2.75 bits per heavy atom. The molecule has 1 heterocycles. The van der Waals surface area contributed by atoms with Gasteiger partial charge >= 0.3 is 0 Å². The molecule has 1 nitrogen and oxygen atoms in total. The maximum Gasteiger partial charge on any atom is 0.00762 e. The molecule has 1 unspecified atom stereocenters. The maximum absolute atomic E-state index is 5.46. The molecule has 0 radical (unpaired) electrons. The van der Waals surface area contributed by atoms with Crippen LogP contribution in [0, 0.1) is 6.92 Å². The van der Waals surface area contributed by atoms with Gasteiger partial charge in [-0.2, -0.15) is 0 Å². The molecule has 0 amide bonds. The van der Waals surface area contributed by atoms with Crippen LogP contribution in [0.1, 0.15) is 35.4 Å². The van der Waals surface area contributed by atoms with Crippen molar-refractivity contribution in [1.29, 1.82) is 0 Å². The zero-order valence-electron chi connectivity index (χ0n) is 7.84. The van der Waals surface area contributed by atoms with E-state index < -0.39 is 0 Å².